The van der Waals surface area contributed by atoms with Crippen LogP contribution in [0, 0.1) is 5.82 Å². The molecule has 0 saturated carbocycles. The molecule has 1 saturated heterocycles. The third kappa shape index (κ3) is 2.98. The molecule has 1 aromatic carbocycles. The Morgan fingerprint density at radius 3 is 3.00 bits per heavy atom. The molecule has 1 heterocycles. The summed E-state index contributed by atoms with van der Waals surface area (Å²) in [5.74, 6) is -0.153. The highest BCUT2D eigenvalue weighted by Crippen LogP contribution is 2.25. The summed E-state index contributed by atoms with van der Waals surface area (Å²) in [6.07, 6.45) is 2.98. The lowest BCUT2D eigenvalue weighted by atomic mass is 10.0. The van der Waals surface area contributed by atoms with Gasteiger partial charge in [-0.05, 0) is 31.5 Å². The number of anilines is 1. The molecule has 2 rings (SSSR count). The molecule has 4 nitrogen and oxygen atoms in total. The summed E-state index contributed by atoms with van der Waals surface area (Å²) in [7, 11) is 1.45. The molecule has 0 spiro atoms. The van der Waals surface area contributed by atoms with Gasteiger partial charge in [0.25, 0.3) is 0 Å². The summed E-state index contributed by atoms with van der Waals surface area (Å²) in [5.41, 5.74) is 0.497. The highest BCUT2D eigenvalue weighted by atomic mass is 19.1. The van der Waals surface area contributed by atoms with E-state index in [1.165, 1.54) is 25.3 Å². The van der Waals surface area contributed by atoms with E-state index in [1.807, 2.05) is 0 Å². The number of methoxy groups -OCH3 is 1. The molecule has 1 aliphatic heterocycles. The van der Waals surface area contributed by atoms with Crippen molar-refractivity contribution in [3.63, 3.8) is 0 Å². The molecule has 1 unspecified atom stereocenters. The number of amides is 1. The normalized spacial score (nSPS) is 19.3. The molecule has 0 aromatic heterocycles. The molecule has 0 radical (unpaired) electrons. The lowest BCUT2D eigenvalue weighted by Crippen LogP contribution is -2.43. The molecular formula is C13H17FN2O2. The van der Waals surface area contributed by atoms with Crippen LogP contribution in [0.5, 0.6) is 5.75 Å². The van der Waals surface area contributed by atoms with Gasteiger partial charge in [-0.2, -0.15) is 0 Å². The van der Waals surface area contributed by atoms with E-state index in [1.54, 1.807) is 0 Å². The first kappa shape index (κ1) is 12.8. The van der Waals surface area contributed by atoms with Gasteiger partial charge >= 0.3 is 0 Å². The van der Waals surface area contributed by atoms with Crippen molar-refractivity contribution < 1.29 is 13.9 Å². The van der Waals surface area contributed by atoms with Crippen LogP contribution in [0.3, 0.4) is 0 Å². The first-order valence-corrected chi connectivity index (χ1v) is 6.08. The van der Waals surface area contributed by atoms with E-state index in [0.717, 1.165) is 25.8 Å². The highest BCUT2D eigenvalue weighted by molar-refractivity contribution is 5.96. The van der Waals surface area contributed by atoms with Crippen molar-refractivity contribution in [3.8, 4) is 5.75 Å². The minimum atomic E-state index is -0.388. The van der Waals surface area contributed by atoms with Gasteiger partial charge in [-0.15, -0.1) is 0 Å². The Morgan fingerprint density at radius 2 is 2.33 bits per heavy atom. The summed E-state index contributed by atoms with van der Waals surface area (Å²) in [4.78, 5) is 12.0. The number of nitrogens with one attached hydrogen (secondary N) is 2. The molecule has 1 aliphatic rings. The van der Waals surface area contributed by atoms with Crippen molar-refractivity contribution in [1.29, 1.82) is 0 Å². The smallest absolute Gasteiger partial charge is 0.241 e. The zero-order valence-corrected chi connectivity index (χ0v) is 10.3. The highest BCUT2D eigenvalue weighted by Gasteiger charge is 2.21. The van der Waals surface area contributed by atoms with Crippen LogP contribution in [-0.2, 0) is 4.79 Å². The SMILES string of the molecule is COc1cc(F)ccc1NC(=O)C1CCCCN1. The number of carbonyl (C=O) groups is 1. The summed E-state index contributed by atoms with van der Waals surface area (Å²) in [6.45, 7) is 0.860. The first-order chi connectivity index (χ1) is 8.70. The first-order valence-electron chi connectivity index (χ1n) is 6.08. The van der Waals surface area contributed by atoms with Crippen molar-refractivity contribution in [2.75, 3.05) is 19.0 Å². The number of rotatable bonds is 3. The van der Waals surface area contributed by atoms with E-state index in [-0.39, 0.29) is 17.8 Å². The maximum atomic E-state index is 13.0. The van der Waals surface area contributed by atoms with Gasteiger partial charge in [0.1, 0.15) is 11.6 Å². The maximum absolute atomic E-state index is 13.0. The van der Waals surface area contributed by atoms with E-state index in [4.69, 9.17) is 4.74 Å². The number of hydrogen-bond donors (Lipinski definition) is 2. The van der Waals surface area contributed by atoms with Gasteiger partial charge in [0.15, 0.2) is 0 Å². The molecule has 1 atom stereocenters. The van der Waals surface area contributed by atoms with Crippen molar-refractivity contribution in [2.45, 2.75) is 25.3 Å². The fraction of sp³-hybridized carbons (Fsp3) is 0.462. The fourth-order valence-corrected chi connectivity index (χ4v) is 2.06. The van der Waals surface area contributed by atoms with Crippen molar-refractivity contribution >= 4 is 11.6 Å². The van der Waals surface area contributed by atoms with Crippen molar-refractivity contribution in [1.82, 2.24) is 5.32 Å². The maximum Gasteiger partial charge on any atom is 0.241 e. The van der Waals surface area contributed by atoms with Crippen LogP contribution in [0.25, 0.3) is 0 Å². The standard InChI is InChI=1S/C13H17FN2O2/c1-18-12-8-9(14)5-6-10(12)16-13(17)11-4-2-3-7-15-11/h5-6,8,11,15H,2-4,7H2,1H3,(H,16,17). The molecule has 5 heteroatoms. The monoisotopic (exact) mass is 252 g/mol. The van der Waals surface area contributed by atoms with E-state index in [0.29, 0.717) is 11.4 Å². The summed E-state index contributed by atoms with van der Waals surface area (Å²) < 4.78 is 18.1. The minimum Gasteiger partial charge on any atom is -0.494 e. The second kappa shape index (κ2) is 5.82. The fourth-order valence-electron chi connectivity index (χ4n) is 2.06. The molecule has 1 fully saturated rings. The second-order valence-electron chi connectivity index (χ2n) is 4.34. The molecule has 98 valence electrons. The number of ether oxygens (including phenoxy) is 1. The van der Waals surface area contributed by atoms with Gasteiger partial charge in [0.2, 0.25) is 5.91 Å². The quantitative estimate of drug-likeness (QED) is 0.864. The van der Waals surface area contributed by atoms with Crippen LogP contribution in [0.1, 0.15) is 19.3 Å². The largest absolute Gasteiger partial charge is 0.494 e. The molecule has 1 amide bonds. The number of piperidine rings is 1. The van der Waals surface area contributed by atoms with Gasteiger partial charge in [0, 0.05) is 6.07 Å². The average Bonchev–Trinajstić information content (AvgIpc) is 2.41. The van der Waals surface area contributed by atoms with Gasteiger partial charge in [0.05, 0.1) is 18.8 Å². The van der Waals surface area contributed by atoms with E-state index >= 15 is 0 Å². The summed E-state index contributed by atoms with van der Waals surface area (Å²) in [5, 5.41) is 5.93. The molecule has 1 aromatic rings. The Hall–Kier alpha value is -1.62. The molecule has 18 heavy (non-hydrogen) atoms. The lowest BCUT2D eigenvalue weighted by molar-refractivity contribution is -0.118. The number of hydrogen-bond acceptors (Lipinski definition) is 3. The van der Waals surface area contributed by atoms with Gasteiger partial charge in [-0.1, -0.05) is 6.42 Å². The second-order valence-corrected chi connectivity index (χ2v) is 4.34. The zero-order valence-electron chi connectivity index (χ0n) is 10.3. The van der Waals surface area contributed by atoms with E-state index in [9.17, 15) is 9.18 Å². The molecule has 0 bridgehead atoms. The van der Waals surface area contributed by atoms with Crippen LogP contribution in [0.2, 0.25) is 0 Å². The lowest BCUT2D eigenvalue weighted by Gasteiger charge is -2.23. The summed E-state index contributed by atoms with van der Waals surface area (Å²) >= 11 is 0. The Labute approximate surface area is 106 Å². The molecular weight excluding hydrogens is 235 g/mol. The number of carbonyl (C=O) groups excluding carboxylic acids is 1. The summed E-state index contributed by atoms with van der Waals surface area (Å²) in [6, 6.07) is 3.89. The molecule has 0 aliphatic carbocycles. The van der Waals surface area contributed by atoms with Gasteiger partial charge in [-0.3, -0.25) is 4.79 Å². The van der Waals surface area contributed by atoms with Crippen LogP contribution in [0.15, 0.2) is 18.2 Å². The number of halogens is 1. The third-order valence-corrected chi connectivity index (χ3v) is 3.05. The van der Waals surface area contributed by atoms with Gasteiger partial charge < -0.3 is 15.4 Å². The Balaban J connectivity index is 2.06. The predicted octanol–water partition coefficient (Wildman–Crippen LogP) is 1.91. The Morgan fingerprint density at radius 1 is 1.50 bits per heavy atom. The third-order valence-electron chi connectivity index (χ3n) is 3.05. The minimum absolute atomic E-state index is 0.0976. The molecule has 2 N–H and O–H groups in total. The van der Waals surface area contributed by atoms with Crippen LogP contribution in [0.4, 0.5) is 10.1 Å². The predicted molar refractivity (Wildman–Crippen MR) is 67.2 cm³/mol. The van der Waals surface area contributed by atoms with E-state index < -0.39 is 0 Å². The average molecular weight is 252 g/mol. The Bertz CT molecular complexity index is 431. The van der Waals surface area contributed by atoms with Crippen LogP contribution < -0.4 is 15.4 Å². The van der Waals surface area contributed by atoms with Crippen molar-refractivity contribution in [2.24, 2.45) is 0 Å². The van der Waals surface area contributed by atoms with Crippen LogP contribution in [-0.4, -0.2) is 25.6 Å². The zero-order chi connectivity index (χ0) is 13.0. The van der Waals surface area contributed by atoms with Crippen molar-refractivity contribution in [3.05, 3.63) is 24.0 Å². The van der Waals surface area contributed by atoms with Crippen LogP contribution >= 0.6 is 0 Å². The van der Waals surface area contributed by atoms with E-state index in [2.05, 4.69) is 10.6 Å². The van der Waals surface area contributed by atoms with Gasteiger partial charge in [-0.25, -0.2) is 4.39 Å². The Kier molecular flexibility index (Phi) is 4.15. The number of benzene rings is 1. The topological polar surface area (TPSA) is 50.4 Å².